The first kappa shape index (κ1) is 19.1. The predicted octanol–water partition coefficient (Wildman–Crippen LogP) is 4.37. The number of carbonyl (C=O) groups excluding carboxylic acids is 1. The lowest BCUT2D eigenvalue weighted by molar-refractivity contribution is -0.384. The number of benzene rings is 3. The summed E-state index contributed by atoms with van der Waals surface area (Å²) in [7, 11) is 0. The van der Waals surface area contributed by atoms with Crippen LogP contribution >= 0.6 is 0 Å². The van der Waals surface area contributed by atoms with Gasteiger partial charge in [-0.1, -0.05) is 24.3 Å². The van der Waals surface area contributed by atoms with Crippen LogP contribution in [0.5, 0.6) is 0 Å². The zero-order valence-corrected chi connectivity index (χ0v) is 15.9. The van der Waals surface area contributed by atoms with Crippen LogP contribution in [0.2, 0.25) is 0 Å². The van der Waals surface area contributed by atoms with Crippen LogP contribution in [-0.4, -0.2) is 29.9 Å². The van der Waals surface area contributed by atoms with Crippen LogP contribution in [0.25, 0.3) is 0 Å². The molecule has 0 aliphatic carbocycles. The molecule has 3 aromatic rings. The number of carbonyl (C=O) groups is 1. The molecule has 0 fully saturated rings. The third-order valence-corrected chi connectivity index (χ3v) is 4.52. The zero-order chi connectivity index (χ0) is 20.9. The summed E-state index contributed by atoms with van der Waals surface area (Å²) >= 11 is 0. The molecule has 0 saturated carbocycles. The number of non-ortho nitro benzene ring substituents is 1. The van der Waals surface area contributed by atoms with E-state index in [1.54, 1.807) is 42.5 Å². The van der Waals surface area contributed by atoms with Crippen LogP contribution in [-0.2, 0) is 4.74 Å². The quantitative estimate of drug-likeness (QED) is 0.470. The second-order valence-electron chi connectivity index (χ2n) is 6.51. The Balaban J connectivity index is 1.57. The first-order valence-corrected chi connectivity index (χ1v) is 9.30. The maximum Gasteiger partial charge on any atom is 0.269 e. The lowest BCUT2D eigenvalue weighted by atomic mass is 10.1. The molecule has 150 valence electrons. The Bertz CT molecular complexity index is 1130. The summed E-state index contributed by atoms with van der Waals surface area (Å²) in [5, 5.41) is 16.9. The molecule has 30 heavy (non-hydrogen) atoms. The van der Waals surface area contributed by atoms with Gasteiger partial charge < -0.3 is 15.4 Å². The van der Waals surface area contributed by atoms with Gasteiger partial charge in [-0.05, 0) is 36.4 Å². The highest BCUT2D eigenvalue weighted by Crippen LogP contribution is 2.25. The molecule has 0 atom stereocenters. The van der Waals surface area contributed by atoms with Crippen molar-refractivity contribution in [2.24, 2.45) is 4.99 Å². The van der Waals surface area contributed by atoms with Gasteiger partial charge in [0, 0.05) is 17.8 Å². The van der Waals surface area contributed by atoms with Crippen molar-refractivity contribution in [3.63, 3.8) is 0 Å². The average Bonchev–Trinajstić information content (AvgIpc) is 3.29. The van der Waals surface area contributed by atoms with Gasteiger partial charge in [-0.2, -0.15) is 0 Å². The molecule has 0 bridgehead atoms. The standard InChI is InChI=1S/C22H18N4O4/c27-21(25-20-8-4-2-6-18(20)22-23-13-14-30-22)17-5-1-3-7-19(17)24-15-9-11-16(12-10-15)26(28)29/h1-12,24H,13-14H2,(H,25,27). The molecule has 0 radical (unpaired) electrons. The number of nitro groups is 1. The minimum Gasteiger partial charge on any atom is -0.475 e. The molecule has 3 aromatic carbocycles. The third-order valence-electron chi connectivity index (χ3n) is 4.52. The van der Waals surface area contributed by atoms with Crippen molar-refractivity contribution in [1.29, 1.82) is 0 Å². The summed E-state index contributed by atoms with van der Waals surface area (Å²) < 4.78 is 5.53. The highest BCUT2D eigenvalue weighted by molar-refractivity contribution is 6.11. The molecule has 1 heterocycles. The Labute approximate surface area is 172 Å². The van der Waals surface area contributed by atoms with E-state index in [1.807, 2.05) is 18.2 Å². The molecule has 0 aromatic heterocycles. The number of hydrogen-bond acceptors (Lipinski definition) is 6. The lowest BCUT2D eigenvalue weighted by Crippen LogP contribution is -2.16. The van der Waals surface area contributed by atoms with Crippen molar-refractivity contribution in [1.82, 2.24) is 0 Å². The Hall–Kier alpha value is -4.20. The van der Waals surface area contributed by atoms with Gasteiger partial charge in [-0.25, -0.2) is 4.99 Å². The van der Waals surface area contributed by atoms with Gasteiger partial charge >= 0.3 is 0 Å². The van der Waals surface area contributed by atoms with Gasteiger partial charge in [-0.3, -0.25) is 14.9 Å². The normalized spacial score (nSPS) is 12.6. The number of nitro benzene ring substituents is 1. The number of hydrogen-bond donors (Lipinski definition) is 2. The van der Waals surface area contributed by atoms with Crippen molar-refractivity contribution in [2.75, 3.05) is 23.8 Å². The predicted molar refractivity (Wildman–Crippen MR) is 115 cm³/mol. The number of para-hydroxylation sites is 2. The summed E-state index contributed by atoms with van der Waals surface area (Å²) in [5.41, 5.74) is 2.98. The van der Waals surface area contributed by atoms with Crippen molar-refractivity contribution < 1.29 is 14.5 Å². The highest BCUT2D eigenvalue weighted by Gasteiger charge is 2.18. The highest BCUT2D eigenvalue weighted by atomic mass is 16.6. The Morgan fingerprint density at radius 1 is 0.967 bits per heavy atom. The van der Waals surface area contributed by atoms with Crippen molar-refractivity contribution in [3.05, 3.63) is 94.0 Å². The van der Waals surface area contributed by atoms with E-state index in [0.29, 0.717) is 41.7 Å². The van der Waals surface area contributed by atoms with E-state index in [9.17, 15) is 14.9 Å². The number of amides is 1. The van der Waals surface area contributed by atoms with Crippen LogP contribution in [0.3, 0.4) is 0 Å². The summed E-state index contributed by atoms with van der Waals surface area (Å²) in [5.74, 6) is 0.217. The van der Waals surface area contributed by atoms with Crippen LogP contribution in [0.1, 0.15) is 15.9 Å². The van der Waals surface area contributed by atoms with E-state index in [2.05, 4.69) is 15.6 Å². The molecular formula is C22H18N4O4. The van der Waals surface area contributed by atoms with Crippen LogP contribution in [0, 0.1) is 10.1 Å². The van der Waals surface area contributed by atoms with E-state index >= 15 is 0 Å². The maximum absolute atomic E-state index is 13.0. The fourth-order valence-electron chi connectivity index (χ4n) is 3.08. The molecule has 0 saturated heterocycles. The van der Waals surface area contributed by atoms with Gasteiger partial charge in [0.25, 0.3) is 11.6 Å². The van der Waals surface area contributed by atoms with Gasteiger partial charge in [0.2, 0.25) is 5.90 Å². The van der Waals surface area contributed by atoms with Crippen molar-refractivity contribution in [2.45, 2.75) is 0 Å². The molecule has 8 heteroatoms. The molecular weight excluding hydrogens is 384 g/mol. The first-order chi connectivity index (χ1) is 14.6. The van der Waals surface area contributed by atoms with E-state index in [1.165, 1.54) is 12.1 Å². The minimum atomic E-state index is -0.457. The number of rotatable bonds is 6. The zero-order valence-electron chi connectivity index (χ0n) is 15.9. The van der Waals surface area contributed by atoms with E-state index < -0.39 is 4.92 Å². The van der Waals surface area contributed by atoms with Gasteiger partial charge in [0.05, 0.1) is 34.0 Å². The number of anilines is 3. The summed E-state index contributed by atoms with van der Waals surface area (Å²) in [6, 6.07) is 20.4. The number of nitrogens with zero attached hydrogens (tertiary/aromatic N) is 2. The first-order valence-electron chi connectivity index (χ1n) is 9.30. The largest absolute Gasteiger partial charge is 0.475 e. The molecule has 1 amide bonds. The SMILES string of the molecule is O=C(Nc1ccccc1C1=NCCO1)c1ccccc1Nc1ccc([N+](=O)[O-])cc1. The topological polar surface area (TPSA) is 106 Å². The van der Waals surface area contributed by atoms with Crippen molar-refractivity contribution in [3.8, 4) is 0 Å². The smallest absolute Gasteiger partial charge is 0.269 e. The second-order valence-corrected chi connectivity index (χ2v) is 6.51. The molecule has 0 unspecified atom stereocenters. The molecule has 8 nitrogen and oxygen atoms in total. The monoisotopic (exact) mass is 402 g/mol. The number of ether oxygens (including phenoxy) is 1. The van der Waals surface area contributed by atoms with E-state index in [4.69, 9.17) is 4.74 Å². The molecule has 1 aliphatic rings. The fraction of sp³-hybridized carbons (Fsp3) is 0.0909. The Morgan fingerprint density at radius 2 is 1.67 bits per heavy atom. The Morgan fingerprint density at radius 3 is 2.37 bits per heavy atom. The van der Waals surface area contributed by atoms with Crippen molar-refractivity contribution >= 4 is 34.6 Å². The maximum atomic E-state index is 13.0. The third kappa shape index (κ3) is 4.12. The molecule has 4 rings (SSSR count). The average molecular weight is 402 g/mol. The summed E-state index contributed by atoms with van der Waals surface area (Å²) in [6.07, 6.45) is 0. The van der Waals surface area contributed by atoms with Crippen LogP contribution in [0.4, 0.5) is 22.7 Å². The minimum absolute atomic E-state index is 0.000214. The van der Waals surface area contributed by atoms with Crippen LogP contribution in [0.15, 0.2) is 77.8 Å². The fourth-order valence-corrected chi connectivity index (χ4v) is 3.08. The molecule has 1 aliphatic heterocycles. The Kier molecular flexibility index (Phi) is 5.38. The van der Waals surface area contributed by atoms with Gasteiger partial charge in [0.15, 0.2) is 0 Å². The van der Waals surface area contributed by atoms with E-state index in [-0.39, 0.29) is 11.6 Å². The van der Waals surface area contributed by atoms with Crippen LogP contribution < -0.4 is 10.6 Å². The molecule has 0 spiro atoms. The summed E-state index contributed by atoms with van der Waals surface area (Å²) in [6.45, 7) is 1.12. The lowest BCUT2D eigenvalue weighted by Gasteiger charge is -2.14. The van der Waals surface area contributed by atoms with Gasteiger partial charge in [-0.15, -0.1) is 0 Å². The molecule has 2 N–H and O–H groups in total. The van der Waals surface area contributed by atoms with Gasteiger partial charge in [0.1, 0.15) is 6.61 Å². The summed E-state index contributed by atoms with van der Waals surface area (Å²) in [4.78, 5) is 27.7. The number of nitrogens with one attached hydrogen (secondary N) is 2. The second kappa shape index (κ2) is 8.44. The van der Waals surface area contributed by atoms with E-state index in [0.717, 1.165) is 5.56 Å². The number of aliphatic imine (C=N–C) groups is 1.